The van der Waals surface area contributed by atoms with Gasteiger partial charge in [-0.1, -0.05) is 6.07 Å². The fourth-order valence-corrected chi connectivity index (χ4v) is 3.41. The van der Waals surface area contributed by atoms with Gasteiger partial charge in [0.1, 0.15) is 11.6 Å². The number of hydrogen-bond acceptors (Lipinski definition) is 7. The molecule has 138 valence electrons. The molecule has 1 saturated carbocycles. The molecular formula is C20H22N6O. The minimum atomic E-state index is 0.186. The molecule has 0 spiro atoms. The number of nitrogens with one attached hydrogen (secondary N) is 1. The van der Waals surface area contributed by atoms with E-state index < -0.39 is 0 Å². The Bertz CT molecular complexity index is 922. The lowest BCUT2D eigenvalue weighted by molar-refractivity contribution is 0.164. The van der Waals surface area contributed by atoms with Gasteiger partial charge in [-0.15, -0.1) is 0 Å². The molecule has 7 heteroatoms. The van der Waals surface area contributed by atoms with Crippen molar-refractivity contribution in [3.8, 4) is 5.88 Å². The zero-order chi connectivity index (χ0) is 18.1. The molecule has 3 aromatic rings. The van der Waals surface area contributed by atoms with Crippen LogP contribution in [0.1, 0.15) is 25.7 Å². The van der Waals surface area contributed by atoms with Gasteiger partial charge in [0.15, 0.2) is 11.6 Å². The highest BCUT2D eigenvalue weighted by Gasteiger charge is 2.28. The summed E-state index contributed by atoms with van der Waals surface area (Å²) >= 11 is 0. The zero-order valence-electron chi connectivity index (χ0n) is 15.1. The van der Waals surface area contributed by atoms with Gasteiger partial charge >= 0.3 is 0 Å². The Labute approximate surface area is 157 Å². The minimum absolute atomic E-state index is 0.186. The molecule has 1 N–H and O–H groups in total. The van der Waals surface area contributed by atoms with Crippen molar-refractivity contribution in [1.82, 2.24) is 19.9 Å². The number of hydrogen-bond donors (Lipinski definition) is 1. The number of fused-ring (bicyclic) bond motifs is 1. The number of anilines is 2. The summed E-state index contributed by atoms with van der Waals surface area (Å²) in [6, 6.07) is 8.20. The van der Waals surface area contributed by atoms with Crippen molar-refractivity contribution >= 4 is 22.7 Å². The van der Waals surface area contributed by atoms with Crippen molar-refractivity contribution in [1.29, 1.82) is 0 Å². The van der Waals surface area contributed by atoms with Crippen LogP contribution in [0.3, 0.4) is 0 Å². The molecule has 1 aliphatic heterocycles. The van der Waals surface area contributed by atoms with Crippen LogP contribution in [0.25, 0.3) is 11.0 Å². The standard InChI is InChI=1S/C20H22N6O/c1-2-9-22-18(3-1)27-15-7-11-26(12-8-15)20-19(23-14-4-5-14)24-16-6-10-21-13-17(16)25-20/h1-3,6,9-10,13-15H,4-5,7-8,11-12H2,(H,23,24). The first kappa shape index (κ1) is 16.2. The van der Waals surface area contributed by atoms with E-state index in [9.17, 15) is 0 Å². The molecule has 1 saturated heterocycles. The molecule has 0 bridgehead atoms. The second kappa shape index (κ2) is 6.98. The quantitative estimate of drug-likeness (QED) is 0.747. The lowest BCUT2D eigenvalue weighted by Crippen LogP contribution is -2.39. The van der Waals surface area contributed by atoms with Crippen molar-refractivity contribution in [2.45, 2.75) is 37.8 Å². The summed E-state index contributed by atoms with van der Waals surface area (Å²) in [6.07, 6.45) is 9.77. The Kier molecular flexibility index (Phi) is 4.20. The van der Waals surface area contributed by atoms with Crippen LogP contribution in [0, 0.1) is 0 Å². The zero-order valence-corrected chi connectivity index (χ0v) is 15.1. The predicted molar refractivity (Wildman–Crippen MR) is 104 cm³/mol. The third kappa shape index (κ3) is 3.63. The molecule has 3 aromatic heterocycles. The number of nitrogens with zero attached hydrogens (tertiary/aromatic N) is 5. The summed E-state index contributed by atoms with van der Waals surface area (Å²) < 4.78 is 6.02. The Morgan fingerprint density at radius 1 is 0.963 bits per heavy atom. The molecule has 27 heavy (non-hydrogen) atoms. The van der Waals surface area contributed by atoms with Gasteiger partial charge in [0.25, 0.3) is 0 Å². The largest absolute Gasteiger partial charge is 0.474 e. The highest BCUT2D eigenvalue weighted by molar-refractivity contribution is 5.80. The summed E-state index contributed by atoms with van der Waals surface area (Å²) in [6.45, 7) is 1.77. The van der Waals surface area contributed by atoms with Crippen molar-refractivity contribution in [2.75, 3.05) is 23.3 Å². The molecule has 7 nitrogen and oxygen atoms in total. The van der Waals surface area contributed by atoms with Gasteiger partial charge in [-0.3, -0.25) is 4.98 Å². The lowest BCUT2D eigenvalue weighted by atomic mass is 10.1. The van der Waals surface area contributed by atoms with E-state index in [0.29, 0.717) is 11.9 Å². The van der Waals surface area contributed by atoms with Crippen LogP contribution in [0.2, 0.25) is 0 Å². The summed E-state index contributed by atoms with van der Waals surface area (Å²) in [5.41, 5.74) is 1.71. The van der Waals surface area contributed by atoms with E-state index in [2.05, 4.69) is 20.2 Å². The van der Waals surface area contributed by atoms with Crippen molar-refractivity contribution in [3.63, 3.8) is 0 Å². The van der Waals surface area contributed by atoms with E-state index in [-0.39, 0.29) is 6.10 Å². The number of pyridine rings is 2. The Morgan fingerprint density at radius 2 is 1.85 bits per heavy atom. The number of ether oxygens (including phenoxy) is 1. The first-order valence-corrected chi connectivity index (χ1v) is 9.56. The monoisotopic (exact) mass is 362 g/mol. The van der Waals surface area contributed by atoms with Crippen molar-refractivity contribution in [2.24, 2.45) is 0 Å². The van der Waals surface area contributed by atoms with Gasteiger partial charge in [-0.05, 0) is 25.0 Å². The smallest absolute Gasteiger partial charge is 0.213 e. The van der Waals surface area contributed by atoms with Crippen LogP contribution in [-0.2, 0) is 0 Å². The fourth-order valence-electron chi connectivity index (χ4n) is 3.41. The molecule has 0 unspecified atom stereocenters. The maximum absolute atomic E-state index is 6.02. The minimum Gasteiger partial charge on any atom is -0.474 e. The van der Waals surface area contributed by atoms with Gasteiger partial charge in [0.2, 0.25) is 5.88 Å². The Morgan fingerprint density at radius 3 is 2.63 bits per heavy atom. The summed E-state index contributed by atoms with van der Waals surface area (Å²) in [4.78, 5) is 20.5. The molecule has 2 aliphatic rings. The maximum atomic E-state index is 6.02. The lowest BCUT2D eigenvalue weighted by Gasteiger charge is -2.33. The van der Waals surface area contributed by atoms with E-state index in [1.54, 1.807) is 18.6 Å². The highest BCUT2D eigenvalue weighted by atomic mass is 16.5. The average Bonchev–Trinajstić information content (AvgIpc) is 3.53. The summed E-state index contributed by atoms with van der Waals surface area (Å²) in [5, 5.41) is 3.55. The molecule has 0 atom stereocenters. The van der Waals surface area contributed by atoms with Crippen LogP contribution in [0.4, 0.5) is 11.6 Å². The van der Waals surface area contributed by atoms with Gasteiger partial charge in [0.05, 0.1) is 11.7 Å². The third-order valence-electron chi connectivity index (χ3n) is 5.03. The topological polar surface area (TPSA) is 76.1 Å². The van der Waals surface area contributed by atoms with Crippen molar-refractivity contribution < 1.29 is 4.74 Å². The molecule has 5 rings (SSSR count). The predicted octanol–water partition coefficient (Wildman–Crippen LogP) is 3.04. The Balaban J connectivity index is 1.34. The van der Waals surface area contributed by atoms with E-state index in [0.717, 1.165) is 48.6 Å². The third-order valence-corrected chi connectivity index (χ3v) is 5.03. The van der Waals surface area contributed by atoms with Gasteiger partial charge < -0.3 is 15.0 Å². The van der Waals surface area contributed by atoms with Crippen molar-refractivity contribution in [3.05, 3.63) is 42.9 Å². The number of aromatic nitrogens is 4. The molecule has 0 aromatic carbocycles. The number of rotatable bonds is 5. The first-order valence-electron chi connectivity index (χ1n) is 9.56. The molecule has 0 amide bonds. The molecule has 4 heterocycles. The molecule has 1 aliphatic carbocycles. The van der Waals surface area contributed by atoms with E-state index in [1.807, 2.05) is 24.3 Å². The van der Waals surface area contributed by atoms with Gasteiger partial charge in [0, 0.05) is 50.4 Å². The second-order valence-corrected chi connectivity index (χ2v) is 7.15. The normalized spacial score (nSPS) is 17.9. The van der Waals surface area contributed by atoms with Crippen LogP contribution >= 0.6 is 0 Å². The number of piperidine rings is 1. The maximum Gasteiger partial charge on any atom is 0.213 e. The molecular weight excluding hydrogens is 340 g/mol. The molecule has 2 fully saturated rings. The fraction of sp³-hybridized carbons (Fsp3) is 0.400. The average molecular weight is 362 g/mol. The van der Waals surface area contributed by atoms with E-state index in [4.69, 9.17) is 14.7 Å². The van der Waals surface area contributed by atoms with E-state index >= 15 is 0 Å². The molecule has 0 radical (unpaired) electrons. The SMILES string of the molecule is c1ccc(OC2CCN(c3nc4cnccc4nc3NC3CC3)CC2)nc1. The van der Waals surface area contributed by atoms with Crippen LogP contribution in [0.5, 0.6) is 5.88 Å². The Hall–Kier alpha value is -2.96. The van der Waals surface area contributed by atoms with Crippen LogP contribution in [0.15, 0.2) is 42.9 Å². The second-order valence-electron chi connectivity index (χ2n) is 7.15. The summed E-state index contributed by atoms with van der Waals surface area (Å²) in [5.74, 6) is 2.52. The van der Waals surface area contributed by atoms with E-state index in [1.165, 1.54) is 12.8 Å². The van der Waals surface area contributed by atoms with Crippen LogP contribution < -0.4 is 15.0 Å². The summed E-state index contributed by atoms with van der Waals surface area (Å²) in [7, 11) is 0. The van der Waals surface area contributed by atoms with Crippen LogP contribution in [-0.4, -0.2) is 45.2 Å². The highest BCUT2D eigenvalue weighted by Crippen LogP contribution is 2.32. The van der Waals surface area contributed by atoms with Gasteiger partial charge in [-0.2, -0.15) is 0 Å². The van der Waals surface area contributed by atoms with Gasteiger partial charge in [-0.25, -0.2) is 15.0 Å². The first-order chi connectivity index (χ1) is 13.3.